The molecule has 21 heavy (non-hydrogen) atoms. The molecule has 0 atom stereocenters. The molecule has 0 amide bonds. The summed E-state index contributed by atoms with van der Waals surface area (Å²) in [5.41, 5.74) is 3.14. The summed E-state index contributed by atoms with van der Waals surface area (Å²) in [6.07, 6.45) is 2.71. The third-order valence-electron chi connectivity index (χ3n) is 4.07. The van der Waals surface area contributed by atoms with E-state index in [1.54, 1.807) is 0 Å². The summed E-state index contributed by atoms with van der Waals surface area (Å²) < 4.78 is 7.15. The van der Waals surface area contributed by atoms with Crippen molar-refractivity contribution in [2.45, 2.75) is 59.9 Å². The fourth-order valence-electron chi connectivity index (χ4n) is 3.13. The van der Waals surface area contributed by atoms with Crippen LogP contribution >= 0.6 is 0 Å². The van der Waals surface area contributed by atoms with Gasteiger partial charge in [0.1, 0.15) is 0 Å². The number of ether oxygens (including phenoxy) is 1. The second-order valence-corrected chi connectivity index (χ2v) is 6.65. The van der Waals surface area contributed by atoms with Gasteiger partial charge in [-0.1, -0.05) is 13.8 Å². The van der Waals surface area contributed by atoms with Crippen LogP contribution < -0.4 is 0 Å². The van der Waals surface area contributed by atoms with Gasteiger partial charge in [-0.15, -0.1) is 0 Å². The minimum atomic E-state index is -0.146. The molecule has 1 aliphatic carbocycles. The van der Waals surface area contributed by atoms with E-state index in [1.165, 1.54) is 0 Å². The Kier molecular flexibility index (Phi) is 4.55. The number of Topliss-reactive ketones (excluding diaryl/α,β-unsaturated/α-hetero) is 1. The highest BCUT2D eigenvalue weighted by Gasteiger charge is 2.33. The Morgan fingerprint density at radius 1 is 1.38 bits per heavy atom. The lowest BCUT2D eigenvalue weighted by atomic mass is 9.76. The van der Waals surface area contributed by atoms with E-state index < -0.39 is 0 Å². The molecule has 1 aromatic rings. The summed E-state index contributed by atoms with van der Waals surface area (Å²) in [4.78, 5) is 23.7. The Morgan fingerprint density at radius 3 is 2.76 bits per heavy atom. The molecule has 0 N–H and O–H groups in total. The van der Waals surface area contributed by atoms with Crippen molar-refractivity contribution in [3.05, 3.63) is 23.0 Å². The minimum Gasteiger partial charge on any atom is -0.466 e. The first-order valence-electron chi connectivity index (χ1n) is 7.72. The number of nitrogens with zero attached hydrogens (tertiary/aromatic N) is 1. The standard InChI is InChI=1S/C17H25NO3/c1-5-21-16(20)7-6-8-18-12(2)9-13-14(18)10-17(3,4)11-15(13)19/h9H,5-8,10-11H2,1-4H3. The van der Waals surface area contributed by atoms with Crippen molar-refractivity contribution >= 4 is 11.8 Å². The lowest BCUT2D eigenvalue weighted by molar-refractivity contribution is -0.143. The summed E-state index contributed by atoms with van der Waals surface area (Å²) in [6.45, 7) is 9.32. The molecule has 4 nitrogen and oxygen atoms in total. The largest absolute Gasteiger partial charge is 0.466 e. The molecule has 0 unspecified atom stereocenters. The summed E-state index contributed by atoms with van der Waals surface area (Å²) in [6, 6.07) is 2.00. The van der Waals surface area contributed by atoms with E-state index in [0.29, 0.717) is 19.4 Å². The van der Waals surface area contributed by atoms with E-state index in [2.05, 4.69) is 18.4 Å². The molecule has 0 aliphatic heterocycles. The van der Waals surface area contributed by atoms with E-state index in [0.717, 1.165) is 36.3 Å². The van der Waals surface area contributed by atoms with E-state index in [4.69, 9.17) is 4.74 Å². The van der Waals surface area contributed by atoms with Gasteiger partial charge in [0, 0.05) is 36.3 Å². The molecule has 1 aromatic heterocycles. The molecule has 2 rings (SSSR count). The maximum Gasteiger partial charge on any atom is 0.305 e. The first-order valence-corrected chi connectivity index (χ1v) is 7.72. The first kappa shape index (κ1) is 15.8. The van der Waals surface area contributed by atoms with Gasteiger partial charge in [-0.05, 0) is 38.2 Å². The molecule has 4 heteroatoms. The van der Waals surface area contributed by atoms with Crippen molar-refractivity contribution in [2.75, 3.05) is 6.61 Å². The zero-order chi connectivity index (χ0) is 15.6. The second kappa shape index (κ2) is 6.04. The Bertz CT molecular complexity index is 555. The SMILES string of the molecule is CCOC(=O)CCCn1c(C)cc2c1CC(C)(C)CC2=O. The molecule has 0 radical (unpaired) electrons. The third kappa shape index (κ3) is 3.55. The van der Waals surface area contributed by atoms with Crippen molar-refractivity contribution in [3.63, 3.8) is 0 Å². The molecular formula is C17H25NO3. The molecule has 0 bridgehead atoms. The fourth-order valence-corrected chi connectivity index (χ4v) is 3.13. The number of hydrogen-bond acceptors (Lipinski definition) is 3. The van der Waals surface area contributed by atoms with Crippen molar-refractivity contribution in [2.24, 2.45) is 5.41 Å². The van der Waals surface area contributed by atoms with Crippen LogP contribution in [-0.2, 0) is 22.5 Å². The topological polar surface area (TPSA) is 48.3 Å². The van der Waals surface area contributed by atoms with Crippen molar-refractivity contribution in [1.29, 1.82) is 0 Å². The number of esters is 1. The maximum absolute atomic E-state index is 12.2. The number of carbonyl (C=O) groups is 2. The van der Waals surface area contributed by atoms with Crippen LogP contribution in [0.1, 0.15) is 61.8 Å². The number of hydrogen-bond donors (Lipinski definition) is 0. The van der Waals surface area contributed by atoms with Crippen LogP contribution in [0.25, 0.3) is 0 Å². The Morgan fingerprint density at radius 2 is 2.10 bits per heavy atom. The lowest BCUT2D eigenvalue weighted by Crippen LogP contribution is -2.28. The molecule has 0 fully saturated rings. The Balaban J connectivity index is 2.11. The van der Waals surface area contributed by atoms with Crippen LogP contribution in [0.5, 0.6) is 0 Å². The number of ketones is 1. The van der Waals surface area contributed by atoms with Gasteiger partial charge < -0.3 is 9.30 Å². The van der Waals surface area contributed by atoms with Gasteiger partial charge in [0.25, 0.3) is 0 Å². The maximum atomic E-state index is 12.2. The highest BCUT2D eigenvalue weighted by Crippen LogP contribution is 2.36. The van der Waals surface area contributed by atoms with Gasteiger partial charge in [0.05, 0.1) is 6.61 Å². The molecule has 0 spiro atoms. The monoisotopic (exact) mass is 291 g/mol. The van der Waals surface area contributed by atoms with Crippen molar-refractivity contribution in [1.82, 2.24) is 4.57 Å². The average molecular weight is 291 g/mol. The smallest absolute Gasteiger partial charge is 0.305 e. The lowest BCUT2D eigenvalue weighted by Gasteiger charge is -2.29. The zero-order valence-corrected chi connectivity index (χ0v) is 13.5. The van der Waals surface area contributed by atoms with Crippen LogP contribution in [0.2, 0.25) is 0 Å². The molecule has 1 aliphatic rings. The van der Waals surface area contributed by atoms with E-state index >= 15 is 0 Å². The highest BCUT2D eigenvalue weighted by molar-refractivity contribution is 5.99. The molecule has 116 valence electrons. The Labute approximate surface area is 126 Å². The van der Waals surface area contributed by atoms with Crippen LogP contribution in [0.4, 0.5) is 0 Å². The molecule has 1 heterocycles. The highest BCUT2D eigenvalue weighted by atomic mass is 16.5. The summed E-state index contributed by atoms with van der Waals surface area (Å²) in [5.74, 6) is 0.0982. The first-order chi connectivity index (χ1) is 9.84. The predicted octanol–water partition coefficient (Wildman–Crippen LogP) is 3.29. The summed E-state index contributed by atoms with van der Waals surface area (Å²) in [7, 11) is 0. The minimum absolute atomic E-state index is 0.0216. The van der Waals surface area contributed by atoms with Gasteiger partial charge in [0.15, 0.2) is 5.78 Å². The molecular weight excluding hydrogens is 266 g/mol. The van der Waals surface area contributed by atoms with Gasteiger partial charge in [-0.25, -0.2) is 0 Å². The van der Waals surface area contributed by atoms with Gasteiger partial charge in [-0.3, -0.25) is 9.59 Å². The number of fused-ring (bicyclic) bond motifs is 1. The molecule has 0 saturated carbocycles. The molecule has 0 aromatic carbocycles. The van der Waals surface area contributed by atoms with Crippen molar-refractivity contribution in [3.8, 4) is 0 Å². The van der Waals surface area contributed by atoms with E-state index in [1.807, 2.05) is 19.9 Å². The number of aryl methyl sites for hydroxylation is 1. The van der Waals surface area contributed by atoms with E-state index in [9.17, 15) is 9.59 Å². The fraction of sp³-hybridized carbons (Fsp3) is 0.647. The van der Waals surface area contributed by atoms with Crippen molar-refractivity contribution < 1.29 is 14.3 Å². The third-order valence-corrected chi connectivity index (χ3v) is 4.07. The Hall–Kier alpha value is -1.58. The quantitative estimate of drug-likeness (QED) is 0.782. The number of carbonyl (C=O) groups excluding carboxylic acids is 2. The van der Waals surface area contributed by atoms with E-state index in [-0.39, 0.29) is 17.2 Å². The summed E-state index contributed by atoms with van der Waals surface area (Å²) in [5, 5.41) is 0. The van der Waals surface area contributed by atoms with Crippen LogP contribution in [0.15, 0.2) is 6.07 Å². The summed E-state index contributed by atoms with van der Waals surface area (Å²) >= 11 is 0. The normalized spacial score (nSPS) is 16.7. The van der Waals surface area contributed by atoms with Gasteiger partial charge >= 0.3 is 5.97 Å². The van der Waals surface area contributed by atoms with Gasteiger partial charge in [0.2, 0.25) is 0 Å². The van der Waals surface area contributed by atoms with Gasteiger partial charge in [-0.2, -0.15) is 0 Å². The predicted molar refractivity (Wildman–Crippen MR) is 81.5 cm³/mol. The average Bonchev–Trinajstić information content (AvgIpc) is 2.66. The van der Waals surface area contributed by atoms with Crippen LogP contribution in [0, 0.1) is 12.3 Å². The van der Waals surface area contributed by atoms with Crippen LogP contribution in [0.3, 0.4) is 0 Å². The van der Waals surface area contributed by atoms with Crippen LogP contribution in [-0.4, -0.2) is 22.9 Å². The number of rotatable bonds is 5. The molecule has 0 saturated heterocycles. The zero-order valence-electron chi connectivity index (χ0n) is 13.5. The second-order valence-electron chi connectivity index (χ2n) is 6.65. The number of aromatic nitrogens is 1.